The van der Waals surface area contributed by atoms with Gasteiger partial charge in [-0.25, -0.2) is 0 Å². The summed E-state index contributed by atoms with van der Waals surface area (Å²) in [5.41, 5.74) is 0.924. The summed E-state index contributed by atoms with van der Waals surface area (Å²) in [7, 11) is 0. The largest absolute Gasteiger partial charge is 0.481 e. The molecule has 18 heavy (non-hydrogen) atoms. The summed E-state index contributed by atoms with van der Waals surface area (Å²) in [5.74, 6) is -0.889. The summed E-state index contributed by atoms with van der Waals surface area (Å²) in [4.78, 5) is 23.0. The molecule has 1 fully saturated rings. The third kappa shape index (κ3) is 2.68. The predicted molar refractivity (Wildman–Crippen MR) is 66.5 cm³/mol. The second-order valence-corrected chi connectivity index (χ2v) is 5.52. The Hall–Kier alpha value is -1.47. The number of nitrogens with zero attached hydrogens (tertiary/aromatic N) is 2. The van der Waals surface area contributed by atoms with Crippen LogP contribution in [-0.4, -0.2) is 34.0 Å². The SMILES string of the molecule is CC(C(=O)O)C1CN(Cc2csc([N+](=O)[O-])c2)C1. The lowest BCUT2D eigenvalue weighted by Gasteiger charge is -2.41. The fourth-order valence-corrected chi connectivity index (χ4v) is 2.78. The van der Waals surface area contributed by atoms with Crippen molar-refractivity contribution < 1.29 is 14.8 Å². The Morgan fingerprint density at radius 1 is 1.72 bits per heavy atom. The van der Waals surface area contributed by atoms with Crippen LogP contribution >= 0.6 is 11.3 Å². The molecule has 1 unspecified atom stereocenters. The summed E-state index contributed by atoms with van der Waals surface area (Å²) in [6, 6.07) is 1.58. The summed E-state index contributed by atoms with van der Waals surface area (Å²) in [6.07, 6.45) is 0. The molecule has 2 heterocycles. The molecular formula is C11H14N2O4S. The lowest BCUT2D eigenvalue weighted by molar-refractivity contribution is -0.380. The fraction of sp³-hybridized carbons (Fsp3) is 0.545. The van der Waals surface area contributed by atoms with Crippen LogP contribution in [0.1, 0.15) is 12.5 Å². The molecule has 6 nitrogen and oxygen atoms in total. The standard InChI is InChI=1S/C11H14N2O4S/c1-7(11(14)15)9-4-12(5-9)3-8-2-10(13(16)17)18-6-8/h2,6-7,9H,3-5H2,1H3,(H,14,15). The van der Waals surface area contributed by atoms with E-state index in [-0.39, 0.29) is 21.8 Å². The molecule has 1 aliphatic heterocycles. The van der Waals surface area contributed by atoms with Gasteiger partial charge in [-0.3, -0.25) is 19.8 Å². The van der Waals surface area contributed by atoms with E-state index in [0.717, 1.165) is 30.0 Å². The highest BCUT2D eigenvalue weighted by Gasteiger charge is 2.34. The smallest absolute Gasteiger partial charge is 0.324 e. The average molecular weight is 270 g/mol. The van der Waals surface area contributed by atoms with Crippen molar-refractivity contribution in [3.63, 3.8) is 0 Å². The van der Waals surface area contributed by atoms with Gasteiger partial charge in [0.1, 0.15) is 0 Å². The van der Waals surface area contributed by atoms with Crippen molar-refractivity contribution in [1.29, 1.82) is 0 Å². The van der Waals surface area contributed by atoms with Gasteiger partial charge in [-0.15, -0.1) is 0 Å². The fourth-order valence-electron chi connectivity index (χ4n) is 2.06. The molecular weight excluding hydrogens is 256 g/mol. The first kappa shape index (κ1) is 13.0. The molecule has 1 N–H and O–H groups in total. The van der Waals surface area contributed by atoms with E-state index >= 15 is 0 Å². The molecule has 1 aliphatic rings. The van der Waals surface area contributed by atoms with Gasteiger partial charge < -0.3 is 5.11 Å². The van der Waals surface area contributed by atoms with Crippen LogP contribution < -0.4 is 0 Å². The molecule has 1 aromatic heterocycles. The van der Waals surface area contributed by atoms with E-state index < -0.39 is 5.97 Å². The molecule has 1 atom stereocenters. The van der Waals surface area contributed by atoms with Crippen molar-refractivity contribution in [2.24, 2.45) is 11.8 Å². The van der Waals surface area contributed by atoms with Crippen molar-refractivity contribution in [3.8, 4) is 0 Å². The van der Waals surface area contributed by atoms with E-state index in [1.807, 2.05) is 0 Å². The molecule has 0 radical (unpaired) electrons. The van der Waals surface area contributed by atoms with Crippen LogP contribution in [0.5, 0.6) is 0 Å². The highest BCUT2D eigenvalue weighted by Crippen LogP contribution is 2.28. The highest BCUT2D eigenvalue weighted by atomic mass is 32.1. The Labute approximate surface area is 108 Å². The number of nitro groups is 1. The number of carbonyl (C=O) groups is 1. The van der Waals surface area contributed by atoms with Gasteiger partial charge in [0.05, 0.1) is 10.8 Å². The second kappa shape index (κ2) is 5.03. The molecule has 0 aromatic carbocycles. The van der Waals surface area contributed by atoms with Gasteiger partial charge in [-0.1, -0.05) is 18.3 Å². The normalized spacial score (nSPS) is 18.3. The summed E-state index contributed by atoms with van der Waals surface area (Å²) >= 11 is 1.13. The van der Waals surface area contributed by atoms with Gasteiger partial charge in [-0.05, 0) is 11.5 Å². The Morgan fingerprint density at radius 3 is 2.89 bits per heavy atom. The Kier molecular flexibility index (Phi) is 3.63. The minimum atomic E-state index is -0.758. The number of likely N-dealkylation sites (tertiary alicyclic amines) is 1. The van der Waals surface area contributed by atoms with E-state index in [4.69, 9.17) is 5.11 Å². The van der Waals surface area contributed by atoms with E-state index in [2.05, 4.69) is 4.90 Å². The zero-order chi connectivity index (χ0) is 13.3. The van der Waals surface area contributed by atoms with Crippen LogP contribution in [0.3, 0.4) is 0 Å². The van der Waals surface area contributed by atoms with Crippen LogP contribution in [-0.2, 0) is 11.3 Å². The van der Waals surface area contributed by atoms with Gasteiger partial charge in [0, 0.05) is 31.1 Å². The first-order valence-electron chi connectivity index (χ1n) is 5.64. The molecule has 7 heteroatoms. The molecule has 0 saturated carbocycles. The summed E-state index contributed by atoms with van der Waals surface area (Å²) in [6.45, 7) is 3.88. The van der Waals surface area contributed by atoms with Crippen LogP contribution in [0.4, 0.5) is 5.00 Å². The van der Waals surface area contributed by atoms with Crippen LogP contribution in [0.2, 0.25) is 0 Å². The number of hydrogen-bond acceptors (Lipinski definition) is 5. The number of carboxylic acid groups (broad SMARTS) is 1. The minimum Gasteiger partial charge on any atom is -0.481 e. The lowest BCUT2D eigenvalue weighted by atomic mass is 9.87. The first-order chi connectivity index (χ1) is 8.47. The molecule has 98 valence electrons. The van der Waals surface area contributed by atoms with Gasteiger partial charge in [-0.2, -0.15) is 0 Å². The van der Waals surface area contributed by atoms with E-state index in [1.165, 1.54) is 0 Å². The van der Waals surface area contributed by atoms with Crippen molar-refractivity contribution in [1.82, 2.24) is 4.90 Å². The van der Waals surface area contributed by atoms with E-state index in [1.54, 1.807) is 18.4 Å². The lowest BCUT2D eigenvalue weighted by Crippen LogP contribution is -2.50. The van der Waals surface area contributed by atoms with Gasteiger partial charge in [0.2, 0.25) is 0 Å². The highest BCUT2D eigenvalue weighted by molar-refractivity contribution is 7.13. The third-order valence-corrected chi connectivity index (χ3v) is 4.24. The third-order valence-electron chi connectivity index (χ3n) is 3.31. The number of thiophene rings is 1. The van der Waals surface area contributed by atoms with Crippen molar-refractivity contribution in [2.75, 3.05) is 13.1 Å². The van der Waals surface area contributed by atoms with Gasteiger partial charge in [0.15, 0.2) is 0 Å². The van der Waals surface area contributed by atoms with Gasteiger partial charge >= 0.3 is 11.0 Å². The van der Waals surface area contributed by atoms with Crippen molar-refractivity contribution >= 4 is 22.3 Å². The van der Waals surface area contributed by atoms with Gasteiger partial charge in [0.25, 0.3) is 0 Å². The number of aliphatic carboxylic acids is 1. The minimum absolute atomic E-state index is 0.154. The molecule has 1 saturated heterocycles. The number of carboxylic acids is 1. The maximum atomic E-state index is 10.8. The maximum absolute atomic E-state index is 10.8. The Bertz CT molecular complexity index is 467. The molecule has 0 aliphatic carbocycles. The molecule has 0 amide bonds. The predicted octanol–water partition coefficient (Wildman–Crippen LogP) is 1.81. The zero-order valence-corrected chi connectivity index (χ0v) is 10.7. The monoisotopic (exact) mass is 270 g/mol. The topological polar surface area (TPSA) is 83.7 Å². The number of rotatable bonds is 5. The van der Waals surface area contributed by atoms with E-state index in [9.17, 15) is 14.9 Å². The average Bonchev–Trinajstić information content (AvgIpc) is 2.70. The first-order valence-corrected chi connectivity index (χ1v) is 6.52. The quantitative estimate of drug-likeness (QED) is 0.651. The van der Waals surface area contributed by atoms with Crippen LogP contribution in [0.15, 0.2) is 11.4 Å². The molecule has 0 bridgehead atoms. The number of hydrogen-bond donors (Lipinski definition) is 1. The molecule has 1 aromatic rings. The second-order valence-electron chi connectivity index (χ2n) is 4.63. The molecule has 0 spiro atoms. The van der Waals surface area contributed by atoms with Crippen LogP contribution in [0, 0.1) is 22.0 Å². The zero-order valence-electron chi connectivity index (χ0n) is 9.91. The van der Waals surface area contributed by atoms with E-state index in [0.29, 0.717) is 6.54 Å². The molecule has 2 rings (SSSR count). The Balaban J connectivity index is 1.83. The van der Waals surface area contributed by atoms with Crippen molar-refractivity contribution in [3.05, 3.63) is 27.1 Å². The Morgan fingerprint density at radius 2 is 2.39 bits per heavy atom. The maximum Gasteiger partial charge on any atom is 0.324 e. The van der Waals surface area contributed by atoms with Crippen LogP contribution in [0.25, 0.3) is 0 Å². The summed E-state index contributed by atoms with van der Waals surface area (Å²) < 4.78 is 0. The summed E-state index contributed by atoms with van der Waals surface area (Å²) in [5, 5.41) is 21.3. The van der Waals surface area contributed by atoms with Crippen molar-refractivity contribution in [2.45, 2.75) is 13.5 Å².